The first-order chi connectivity index (χ1) is 12.1. The van der Waals surface area contributed by atoms with Crippen LogP contribution in [0.3, 0.4) is 0 Å². The molecule has 0 unspecified atom stereocenters. The van der Waals surface area contributed by atoms with Gasteiger partial charge in [-0.15, -0.1) is 0 Å². The van der Waals surface area contributed by atoms with Gasteiger partial charge in [-0.25, -0.2) is 0 Å². The first-order valence-corrected chi connectivity index (χ1v) is 8.41. The van der Waals surface area contributed by atoms with E-state index in [9.17, 15) is 27.6 Å². The zero-order valence-electron chi connectivity index (χ0n) is 14.0. The number of hydrogen-bond donors (Lipinski definition) is 2. The van der Waals surface area contributed by atoms with E-state index in [0.717, 1.165) is 14.2 Å². The number of benzene rings is 1. The second-order valence-electron chi connectivity index (χ2n) is 4.60. The van der Waals surface area contributed by atoms with E-state index in [1.165, 1.54) is 31.4 Å². The molecule has 1 amide bonds. The van der Waals surface area contributed by atoms with Crippen LogP contribution in [0.5, 0.6) is 5.75 Å². The molecule has 0 saturated carbocycles. The molecule has 1 aromatic carbocycles. The van der Waals surface area contributed by atoms with Gasteiger partial charge in [0.2, 0.25) is 5.31 Å². The predicted octanol–water partition coefficient (Wildman–Crippen LogP) is 3.43. The Hall–Kier alpha value is -2.23. The molecule has 0 bridgehead atoms. The molecule has 0 radical (unpaired) electrons. The van der Waals surface area contributed by atoms with Gasteiger partial charge in [-0.2, -0.15) is 13.2 Å². The number of rotatable bonds is 8. The Balaban J connectivity index is 3.17. The average Bonchev–Trinajstić information content (AvgIpc) is 2.60. The quantitative estimate of drug-likeness (QED) is 0.392. The molecule has 0 aliphatic heterocycles. The zero-order chi connectivity index (χ0) is 20.0. The number of aliphatic hydroxyl groups is 1. The van der Waals surface area contributed by atoms with E-state index < -0.39 is 37.5 Å². The van der Waals surface area contributed by atoms with Gasteiger partial charge < -0.3 is 28.9 Å². The average molecular weight is 399 g/mol. The maximum absolute atomic E-state index is 12.4. The van der Waals surface area contributed by atoms with Gasteiger partial charge in [0.05, 0.1) is 7.11 Å². The second-order valence-corrected chi connectivity index (χ2v) is 6.78. The van der Waals surface area contributed by atoms with Crippen LogP contribution in [0.4, 0.5) is 18.9 Å². The first kappa shape index (κ1) is 21.8. The van der Waals surface area contributed by atoms with Crippen LogP contribution in [-0.2, 0) is 23.1 Å². The molecule has 26 heavy (non-hydrogen) atoms. The number of amides is 1. The van der Waals surface area contributed by atoms with Crippen LogP contribution < -0.4 is 10.1 Å². The van der Waals surface area contributed by atoms with E-state index in [0.29, 0.717) is 5.75 Å². The highest BCUT2D eigenvalue weighted by Crippen LogP contribution is 2.56. The van der Waals surface area contributed by atoms with Gasteiger partial charge in [0.25, 0.3) is 11.9 Å². The third kappa shape index (κ3) is 5.94. The Morgan fingerprint density at radius 1 is 1.15 bits per heavy atom. The highest BCUT2D eigenvalue weighted by molar-refractivity contribution is 7.60. The molecule has 0 atom stereocenters. The second kappa shape index (κ2) is 8.93. The number of carbonyl (C=O) groups excluding carboxylic acids is 1. The summed E-state index contributed by atoms with van der Waals surface area (Å²) in [6.07, 6.45) is -4.80. The minimum absolute atomic E-state index is 0.177. The van der Waals surface area contributed by atoms with Crippen LogP contribution in [-0.4, -0.2) is 45.1 Å². The van der Waals surface area contributed by atoms with E-state index >= 15 is 0 Å². The number of alkyl halides is 3. The molecular formula is C14H17F3NO7P. The lowest BCUT2D eigenvalue weighted by molar-refractivity contribution is -0.173. The van der Waals surface area contributed by atoms with Crippen LogP contribution in [0, 0.1) is 0 Å². The fourth-order valence-electron chi connectivity index (χ4n) is 1.68. The number of ether oxygens (including phenoxy) is 2. The van der Waals surface area contributed by atoms with E-state index in [4.69, 9.17) is 4.74 Å². The number of aliphatic hydroxyl groups excluding tert-OH is 1. The van der Waals surface area contributed by atoms with Crippen molar-refractivity contribution in [2.45, 2.75) is 6.18 Å². The molecule has 1 aromatic rings. The summed E-state index contributed by atoms with van der Waals surface area (Å²) < 4.78 is 67.4. The van der Waals surface area contributed by atoms with E-state index in [-0.39, 0.29) is 5.69 Å². The first-order valence-electron chi connectivity index (χ1n) is 6.86. The molecule has 2 N–H and O–H groups in total. The Morgan fingerprint density at radius 2 is 1.69 bits per heavy atom. The molecule has 12 heteroatoms. The molecule has 0 spiro atoms. The van der Waals surface area contributed by atoms with Crippen molar-refractivity contribution in [2.24, 2.45) is 0 Å². The smallest absolute Gasteiger partial charge is 0.422 e. The number of nitrogens with one attached hydrogen (secondary N) is 1. The molecule has 146 valence electrons. The fourth-order valence-corrected chi connectivity index (χ4v) is 2.80. The number of methoxy groups -OCH3 is 1. The summed E-state index contributed by atoms with van der Waals surface area (Å²) in [6, 6.07) is 5.80. The van der Waals surface area contributed by atoms with Crippen molar-refractivity contribution in [3.63, 3.8) is 0 Å². The molecule has 0 heterocycles. The molecule has 8 nitrogen and oxygen atoms in total. The Morgan fingerprint density at radius 3 is 2.12 bits per heavy atom. The summed E-state index contributed by atoms with van der Waals surface area (Å²) in [5.74, 6) is -2.28. The molecular weight excluding hydrogens is 382 g/mol. The van der Waals surface area contributed by atoms with Crippen molar-refractivity contribution < 1.29 is 46.2 Å². The van der Waals surface area contributed by atoms with E-state index in [2.05, 4.69) is 19.1 Å². The van der Waals surface area contributed by atoms with Gasteiger partial charge in [-0.3, -0.25) is 9.36 Å². The van der Waals surface area contributed by atoms with Gasteiger partial charge in [0, 0.05) is 19.9 Å². The maximum Gasteiger partial charge on any atom is 0.422 e. The summed E-state index contributed by atoms with van der Waals surface area (Å²) in [5.41, 5.74) is 0.177. The normalized spacial score (nSPS) is 13.0. The van der Waals surface area contributed by atoms with Gasteiger partial charge in [0.15, 0.2) is 6.61 Å². The van der Waals surface area contributed by atoms with Crippen LogP contribution >= 0.6 is 7.60 Å². The summed E-state index contributed by atoms with van der Waals surface area (Å²) in [6.45, 7) is -1.91. The Labute approximate surface area is 147 Å². The predicted molar refractivity (Wildman–Crippen MR) is 84.9 cm³/mol. The zero-order valence-corrected chi connectivity index (χ0v) is 14.9. The molecule has 0 aromatic heterocycles. The minimum Gasteiger partial charge on any atom is -0.497 e. The highest BCUT2D eigenvalue weighted by atomic mass is 31.2. The van der Waals surface area contributed by atoms with Gasteiger partial charge in [0.1, 0.15) is 5.75 Å². The number of carbonyl (C=O) groups is 1. The van der Waals surface area contributed by atoms with Crippen molar-refractivity contribution >= 4 is 19.2 Å². The summed E-state index contributed by atoms with van der Waals surface area (Å²) in [7, 11) is -1.23. The van der Waals surface area contributed by atoms with Crippen LogP contribution in [0.1, 0.15) is 0 Å². The Bertz CT molecular complexity index is 695. The molecule has 0 fully saturated rings. The number of hydrogen-bond acceptors (Lipinski definition) is 7. The lowest BCUT2D eigenvalue weighted by atomic mass is 10.3. The SMILES string of the molecule is COc1ccc(NC(=O)/C(=C(\O)OCC(F)(F)F)P(=O)(OC)OC)cc1. The molecule has 0 aliphatic rings. The van der Waals surface area contributed by atoms with Crippen molar-refractivity contribution in [1.29, 1.82) is 0 Å². The van der Waals surface area contributed by atoms with Gasteiger partial charge in [-0.1, -0.05) is 0 Å². The van der Waals surface area contributed by atoms with Gasteiger partial charge >= 0.3 is 13.8 Å². The number of anilines is 1. The van der Waals surface area contributed by atoms with Crippen LogP contribution in [0.15, 0.2) is 35.5 Å². The van der Waals surface area contributed by atoms with Crippen LogP contribution in [0.2, 0.25) is 0 Å². The monoisotopic (exact) mass is 399 g/mol. The van der Waals surface area contributed by atoms with Crippen molar-refractivity contribution in [2.75, 3.05) is 33.3 Å². The lowest BCUT2D eigenvalue weighted by Gasteiger charge is -2.18. The lowest BCUT2D eigenvalue weighted by Crippen LogP contribution is -2.21. The van der Waals surface area contributed by atoms with Crippen molar-refractivity contribution in [3.8, 4) is 5.75 Å². The van der Waals surface area contributed by atoms with Crippen molar-refractivity contribution in [3.05, 3.63) is 35.5 Å². The third-order valence-corrected chi connectivity index (χ3v) is 4.80. The Kier molecular flexibility index (Phi) is 7.49. The van der Waals surface area contributed by atoms with E-state index in [1.54, 1.807) is 0 Å². The highest BCUT2D eigenvalue weighted by Gasteiger charge is 2.40. The van der Waals surface area contributed by atoms with E-state index in [1.807, 2.05) is 0 Å². The summed E-state index contributed by atoms with van der Waals surface area (Å²) in [4.78, 5) is 12.3. The van der Waals surface area contributed by atoms with Crippen LogP contribution in [0.25, 0.3) is 0 Å². The number of halogens is 3. The van der Waals surface area contributed by atoms with Crippen molar-refractivity contribution in [1.82, 2.24) is 0 Å². The summed E-state index contributed by atoms with van der Waals surface area (Å²) in [5, 5.41) is 10.9. The largest absolute Gasteiger partial charge is 0.497 e. The fraction of sp³-hybridized carbons (Fsp3) is 0.357. The topological polar surface area (TPSA) is 103 Å². The molecule has 0 aliphatic carbocycles. The van der Waals surface area contributed by atoms with Gasteiger partial charge in [-0.05, 0) is 24.3 Å². The summed E-state index contributed by atoms with van der Waals surface area (Å²) >= 11 is 0. The molecule has 0 saturated heterocycles. The third-order valence-electron chi connectivity index (χ3n) is 2.89. The molecule has 1 rings (SSSR count). The standard InChI is InChI=1S/C14H17F3NO7P/c1-22-10-6-4-9(5-7-10)18-12(19)11(26(21,23-2)24-3)13(20)25-8-14(15,16)17/h4-7,20H,8H2,1-3H3,(H,18,19)/b13-11-. The maximum atomic E-state index is 12.4. The minimum atomic E-state index is -4.80.